The Balaban J connectivity index is 0. The van der Waals surface area contributed by atoms with Crippen LogP contribution in [-0.4, -0.2) is 34.1 Å². The van der Waals surface area contributed by atoms with Crippen molar-refractivity contribution in [1.82, 2.24) is 0 Å². The molecule has 0 aliphatic rings. The largest absolute Gasteiger partial charge is 0.396 e. The third-order valence-electron chi connectivity index (χ3n) is 2.03. The molecule has 0 aliphatic carbocycles. The lowest BCUT2D eigenvalue weighted by molar-refractivity contribution is 0.129. The zero-order valence-corrected chi connectivity index (χ0v) is 9.74. The summed E-state index contributed by atoms with van der Waals surface area (Å²) < 4.78 is 0. The molecule has 0 saturated carbocycles. The van der Waals surface area contributed by atoms with Crippen molar-refractivity contribution in [1.29, 1.82) is 0 Å². The van der Waals surface area contributed by atoms with Crippen LogP contribution in [0.3, 0.4) is 0 Å². The smallest absolute Gasteiger partial charge is 0.0559 e. The normalized spacial score (nSPS) is 14.1. The van der Waals surface area contributed by atoms with E-state index in [1.165, 1.54) is 0 Å². The summed E-state index contributed by atoms with van der Waals surface area (Å²) in [7, 11) is 0. The van der Waals surface area contributed by atoms with Gasteiger partial charge in [-0.1, -0.05) is 27.2 Å². The first kappa shape index (κ1) is 16.3. The quantitative estimate of drug-likeness (QED) is 0.620. The molecule has 3 N–H and O–H groups in total. The van der Waals surface area contributed by atoms with E-state index >= 15 is 0 Å². The summed E-state index contributed by atoms with van der Waals surface area (Å²) in [5, 5.41) is 25.8. The maximum atomic E-state index is 8.86. The van der Waals surface area contributed by atoms with Crippen LogP contribution in [0.5, 0.6) is 0 Å². The maximum Gasteiger partial charge on any atom is 0.0559 e. The van der Waals surface area contributed by atoms with Crippen LogP contribution in [0.15, 0.2) is 0 Å². The van der Waals surface area contributed by atoms with Crippen LogP contribution >= 0.6 is 0 Å². The van der Waals surface area contributed by atoms with E-state index in [-0.39, 0.29) is 18.8 Å². The molecule has 14 heavy (non-hydrogen) atoms. The molecule has 2 unspecified atom stereocenters. The van der Waals surface area contributed by atoms with Gasteiger partial charge < -0.3 is 15.3 Å². The second-order valence-corrected chi connectivity index (χ2v) is 3.43. The van der Waals surface area contributed by atoms with Crippen LogP contribution < -0.4 is 0 Å². The molecular formula is C11H26O3. The molecule has 0 saturated heterocycles. The zero-order chi connectivity index (χ0) is 11.4. The lowest BCUT2D eigenvalue weighted by Crippen LogP contribution is -2.05. The Labute approximate surface area is 87.8 Å². The first-order valence-electron chi connectivity index (χ1n) is 5.59. The van der Waals surface area contributed by atoms with E-state index in [2.05, 4.69) is 6.92 Å². The van der Waals surface area contributed by atoms with Gasteiger partial charge in [0.1, 0.15) is 0 Å². The van der Waals surface area contributed by atoms with Gasteiger partial charge in [0, 0.05) is 6.61 Å². The summed E-state index contributed by atoms with van der Waals surface area (Å²) in [5.41, 5.74) is 0. The fourth-order valence-electron chi connectivity index (χ4n) is 0.890. The van der Waals surface area contributed by atoms with Gasteiger partial charge in [0.15, 0.2) is 0 Å². The van der Waals surface area contributed by atoms with Crippen LogP contribution in [0, 0.1) is 0 Å². The fraction of sp³-hybridized carbons (Fsp3) is 1.00. The van der Waals surface area contributed by atoms with Crippen molar-refractivity contribution < 1.29 is 15.3 Å². The van der Waals surface area contributed by atoms with Gasteiger partial charge in [0.2, 0.25) is 0 Å². The predicted octanol–water partition coefficient (Wildman–Crippen LogP) is 1.70. The van der Waals surface area contributed by atoms with Crippen molar-refractivity contribution in [2.24, 2.45) is 0 Å². The molecule has 2 atom stereocenters. The standard InChI is InChI=1S/C6H14O.C5H12O2/c1-3-5-6(7)4-2;1-2-5(7)3-4-6/h6-7H,3-5H2,1-2H3;5-7H,2-4H2,1H3. The highest BCUT2D eigenvalue weighted by molar-refractivity contribution is 4.48. The number of hydrogen-bond donors (Lipinski definition) is 3. The maximum absolute atomic E-state index is 8.86. The Hall–Kier alpha value is -0.120. The lowest BCUT2D eigenvalue weighted by Gasteiger charge is -2.01. The number of hydrogen-bond acceptors (Lipinski definition) is 3. The van der Waals surface area contributed by atoms with Gasteiger partial charge in [-0.15, -0.1) is 0 Å². The summed E-state index contributed by atoms with van der Waals surface area (Å²) in [6.45, 7) is 6.06. The van der Waals surface area contributed by atoms with Gasteiger partial charge in [-0.05, 0) is 25.7 Å². The first-order chi connectivity index (χ1) is 6.62. The third-order valence-corrected chi connectivity index (χ3v) is 2.03. The predicted molar refractivity (Wildman–Crippen MR) is 59.2 cm³/mol. The van der Waals surface area contributed by atoms with Gasteiger partial charge in [0.05, 0.1) is 12.2 Å². The Bertz CT molecular complexity index is 84.5. The molecule has 0 radical (unpaired) electrons. The molecule has 0 bridgehead atoms. The van der Waals surface area contributed by atoms with Crippen molar-refractivity contribution >= 4 is 0 Å². The molecule has 0 heterocycles. The molecule has 88 valence electrons. The van der Waals surface area contributed by atoms with E-state index in [1.54, 1.807) is 0 Å². The number of rotatable bonds is 6. The Kier molecular flexibility index (Phi) is 15.0. The molecule has 0 aromatic heterocycles. The average molecular weight is 206 g/mol. The second kappa shape index (κ2) is 12.9. The summed E-state index contributed by atoms with van der Waals surface area (Å²) >= 11 is 0. The minimum Gasteiger partial charge on any atom is -0.396 e. The Morgan fingerprint density at radius 1 is 0.857 bits per heavy atom. The van der Waals surface area contributed by atoms with Gasteiger partial charge in [-0.2, -0.15) is 0 Å². The highest BCUT2D eigenvalue weighted by Gasteiger charge is 1.95. The van der Waals surface area contributed by atoms with Crippen LogP contribution in [0.25, 0.3) is 0 Å². The van der Waals surface area contributed by atoms with Crippen LogP contribution in [-0.2, 0) is 0 Å². The van der Waals surface area contributed by atoms with Gasteiger partial charge >= 0.3 is 0 Å². The van der Waals surface area contributed by atoms with Gasteiger partial charge in [-0.25, -0.2) is 0 Å². The fourth-order valence-corrected chi connectivity index (χ4v) is 0.890. The molecule has 0 spiro atoms. The van der Waals surface area contributed by atoms with Crippen LogP contribution in [0.2, 0.25) is 0 Å². The van der Waals surface area contributed by atoms with Crippen molar-refractivity contribution in [2.75, 3.05) is 6.61 Å². The molecule has 0 rings (SSSR count). The van der Waals surface area contributed by atoms with E-state index in [1.807, 2.05) is 13.8 Å². The minimum atomic E-state index is -0.301. The zero-order valence-electron chi connectivity index (χ0n) is 9.74. The lowest BCUT2D eigenvalue weighted by atomic mass is 10.2. The number of aliphatic hydroxyl groups excluding tert-OH is 3. The van der Waals surface area contributed by atoms with E-state index in [4.69, 9.17) is 15.3 Å². The Morgan fingerprint density at radius 2 is 1.29 bits per heavy atom. The second-order valence-electron chi connectivity index (χ2n) is 3.43. The monoisotopic (exact) mass is 206 g/mol. The van der Waals surface area contributed by atoms with E-state index in [0.29, 0.717) is 6.42 Å². The summed E-state index contributed by atoms with van der Waals surface area (Å²) in [6.07, 6.45) is 3.84. The molecule has 3 nitrogen and oxygen atoms in total. The highest BCUT2D eigenvalue weighted by atomic mass is 16.3. The van der Waals surface area contributed by atoms with E-state index < -0.39 is 0 Å². The van der Waals surface area contributed by atoms with Gasteiger partial charge in [0.25, 0.3) is 0 Å². The highest BCUT2D eigenvalue weighted by Crippen LogP contribution is 1.98. The van der Waals surface area contributed by atoms with Crippen molar-refractivity contribution in [3.63, 3.8) is 0 Å². The molecule has 0 aromatic carbocycles. The topological polar surface area (TPSA) is 60.7 Å². The van der Waals surface area contributed by atoms with Crippen molar-refractivity contribution in [3.8, 4) is 0 Å². The molecule has 0 aliphatic heterocycles. The molecular weight excluding hydrogens is 180 g/mol. The molecule has 3 heteroatoms. The summed E-state index contributed by atoms with van der Waals surface area (Å²) in [6, 6.07) is 0. The summed E-state index contributed by atoms with van der Waals surface area (Å²) in [4.78, 5) is 0. The van der Waals surface area contributed by atoms with E-state index in [0.717, 1.165) is 25.7 Å². The first-order valence-corrected chi connectivity index (χ1v) is 5.59. The van der Waals surface area contributed by atoms with Crippen molar-refractivity contribution in [2.45, 2.75) is 65.1 Å². The summed E-state index contributed by atoms with van der Waals surface area (Å²) in [5.74, 6) is 0. The molecule has 0 aromatic rings. The third kappa shape index (κ3) is 14.4. The van der Waals surface area contributed by atoms with E-state index in [9.17, 15) is 0 Å². The Morgan fingerprint density at radius 3 is 1.43 bits per heavy atom. The van der Waals surface area contributed by atoms with Crippen molar-refractivity contribution in [3.05, 3.63) is 0 Å². The van der Waals surface area contributed by atoms with Gasteiger partial charge in [-0.3, -0.25) is 0 Å². The SMILES string of the molecule is CCC(O)CCO.CCCC(O)CC. The number of aliphatic hydroxyl groups is 3. The minimum absolute atomic E-state index is 0.0509. The molecule has 0 fully saturated rings. The molecule has 0 amide bonds. The average Bonchev–Trinajstić information content (AvgIpc) is 2.19. The van der Waals surface area contributed by atoms with Crippen LogP contribution in [0.1, 0.15) is 52.9 Å². The van der Waals surface area contributed by atoms with Crippen LogP contribution in [0.4, 0.5) is 0 Å².